The van der Waals surface area contributed by atoms with Gasteiger partial charge in [-0.25, -0.2) is 4.57 Å². The molecule has 0 saturated carbocycles. The molecule has 0 heterocycles. The first kappa shape index (κ1) is 71.9. The molecule has 9 nitrogen and oxygen atoms in total. The van der Waals surface area contributed by atoms with Crippen LogP contribution < -0.4 is 5.73 Å². The van der Waals surface area contributed by atoms with Crippen LogP contribution in [0.15, 0.2) is 97.2 Å². The molecule has 0 rings (SSSR count). The minimum Gasteiger partial charge on any atom is -0.462 e. The molecule has 0 aliphatic carbocycles. The predicted octanol–water partition coefficient (Wildman–Crippen LogP) is 19.6. The molecule has 0 aromatic carbocycles. The van der Waals surface area contributed by atoms with Crippen LogP contribution in [-0.4, -0.2) is 49.3 Å². The Bertz CT molecular complexity index is 1550. The van der Waals surface area contributed by atoms with Gasteiger partial charge in [0.25, 0.3) is 0 Å². The van der Waals surface area contributed by atoms with Crippen molar-refractivity contribution in [3.8, 4) is 0 Å². The lowest BCUT2D eigenvalue weighted by molar-refractivity contribution is -0.161. The van der Waals surface area contributed by atoms with E-state index in [0.29, 0.717) is 6.42 Å². The van der Waals surface area contributed by atoms with Crippen molar-refractivity contribution in [2.45, 2.75) is 277 Å². The molecule has 2 unspecified atom stereocenters. The van der Waals surface area contributed by atoms with Crippen molar-refractivity contribution in [1.82, 2.24) is 0 Å². The average Bonchev–Trinajstić information content (AvgIpc) is 3.40. The van der Waals surface area contributed by atoms with E-state index in [1.807, 2.05) is 0 Å². The maximum Gasteiger partial charge on any atom is 0.472 e. The fraction of sp³-hybridized carbons (Fsp3) is 0.723. The van der Waals surface area contributed by atoms with Gasteiger partial charge in [0.1, 0.15) is 6.61 Å². The minimum absolute atomic E-state index is 0.0491. The predicted molar refractivity (Wildman–Crippen MR) is 321 cm³/mol. The summed E-state index contributed by atoms with van der Waals surface area (Å²) in [6.07, 6.45) is 80.3. The minimum atomic E-state index is -4.40. The second kappa shape index (κ2) is 60.2. The lowest BCUT2D eigenvalue weighted by Crippen LogP contribution is -2.29. The first-order chi connectivity index (χ1) is 36.8. The lowest BCUT2D eigenvalue weighted by Gasteiger charge is -2.19. The van der Waals surface area contributed by atoms with Crippen molar-refractivity contribution < 1.29 is 37.6 Å². The van der Waals surface area contributed by atoms with Crippen LogP contribution in [0.1, 0.15) is 271 Å². The highest BCUT2D eigenvalue weighted by Crippen LogP contribution is 2.43. The van der Waals surface area contributed by atoms with Gasteiger partial charge < -0.3 is 20.1 Å². The van der Waals surface area contributed by atoms with Crippen molar-refractivity contribution in [2.75, 3.05) is 26.4 Å². The summed E-state index contributed by atoms with van der Waals surface area (Å²) < 4.78 is 33.1. The number of allylic oxidation sites excluding steroid dienone is 16. The zero-order valence-electron chi connectivity index (χ0n) is 48.3. The summed E-state index contributed by atoms with van der Waals surface area (Å²) in [5.74, 6) is -0.831. The molecule has 2 atom stereocenters. The maximum atomic E-state index is 12.7. The van der Waals surface area contributed by atoms with Gasteiger partial charge in [-0.3, -0.25) is 18.6 Å². The van der Waals surface area contributed by atoms with Crippen LogP contribution in [0.2, 0.25) is 0 Å². The third-order valence-corrected chi connectivity index (χ3v) is 13.9. The number of phosphoric ester groups is 1. The number of rotatable bonds is 57. The molecule has 0 radical (unpaired) electrons. The Morgan fingerprint density at radius 1 is 0.413 bits per heavy atom. The molecule has 75 heavy (non-hydrogen) atoms. The van der Waals surface area contributed by atoms with Crippen LogP contribution in [0.25, 0.3) is 0 Å². The zero-order valence-corrected chi connectivity index (χ0v) is 49.2. The van der Waals surface area contributed by atoms with Crippen molar-refractivity contribution in [3.05, 3.63) is 97.2 Å². The van der Waals surface area contributed by atoms with Crippen LogP contribution in [0, 0.1) is 0 Å². The number of phosphoric acid groups is 1. The van der Waals surface area contributed by atoms with Crippen LogP contribution in [0.4, 0.5) is 0 Å². The number of carbonyl (C=O) groups excluding carboxylic acids is 2. The quantitative estimate of drug-likeness (QED) is 0.0264. The van der Waals surface area contributed by atoms with Gasteiger partial charge in [-0.15, -0.1) is 0 Å². The van der Waals surface area contributed by atoms with E-state index >= 15 is 0 Å². The number of nitrogens with two attached hydrogens (primary N) is 1. The molecule has 0 aromatic heterocycles. The van der Waals surface area contributed by atoms with Gasteiger partial charge in [-0.1, -0.05) is 259 Å². The monoisotopic (exact) mass is 1070 g/mol. The number of carbonyl (C=O) groups is 2. The van der Waals surface area contributed by atoms with Gasteiger partial charge in [0.2, 0.25) is 0 Å². The Morgan fingerprint density at radius 3 is 1.09 bits per heavy atom. The summed E-state index contributed by atoms with van der Waals surface area (Å²) >= 11 is 0. The van der Waals surface area contributed by atoms with Crippen LogP contribution in [0.5, 0.6) is 0 Å². The van der Waals surface area contributed by atoms with E-state index in [-0.39, 0.29) is 38.6 Å². The van der Waals surface area contributed by atoms with Crippen molar-refractivity contribution in [3.63, 3.8) is 0 Å². The van der Waals surface area contributed by atoms with E-state index in [1.165, 1.54) is 148 Å². The normalized spacial score (nSPS) is 13.7. The van der Waals surface area contributed by atoms with Crippen LogP contribution in [0.3, 0.4) is 0 Å². The Balaban J connectivity index is 3.97. The summed E-state index contributed by atoms with van der Waals surface area (Å²) in [6, 6.07) is 0. The van der Waals surface area contributed by atoms with Crippen molar-refractivity contribution in [1.29, 1.82) is 0 Å². The third-order valence-electron chi connectivity index (χ3n) is 13.0. The van der Waals surface area contributed by atoms with Gasteiger partial charge in [0, 0.05) is 19.4 Å². The summed E-state index contributed by atoms with van der Waals surface area (Å²) in [5.41, 5.74) is 5.39. The number of hydrogen-bond donors (Lipinski definition) is 2. The summed E-state index contributed by atoms with van der Waals surface area (Å²) in [6.45, 7) is 3.63. The molecule has 432 valence electrons. The Labute approximate surface area is 461 Å². The molecule has 10 heteroatoms. The number of esters is 2. The third kappa shape index (κ3) is 60.0. The topological polar surface area (TPSA) is 134 Å². The Kier molecular flexibility index (Phi) is 57.7. The zero-order chi connectivity index (χ0) is 54.5. The van der Waals surface area contributed by atoms with Gasteiger partial charge >= 0.3 is 19.8 Å². The van der Waals surface area contributed by atoms with E-state index in [4.69, 9.17) is 24.3 Å². The second-order valence-corrected chi connectivity index (χ2v) is 21.6. The molecular weight excluding hydrogens is 954 g/mol. The Morgan fingerprint density at radius 2 is 0.733 bits per heavy atom. The largest absolute Gasteiger partial charge is 0.472 e. The molecule has 0 aliphatic rings. The molecule has 0 spiro atoms. The van der Waals surface area contributed by atoms with Crippen molar-refractivity contribution >= 4 is 19.8 Å². The standard InChI is InChI=1S/C65H114NO8P/c1-3-5-7-9-11-13-15-17-19-21-23-25-27-29-30-31-32-34-36-38-40-42-44-46-48-50-52-54-56-58-65(68)74-63(62-73-75(69,70)72-60-59-66)61-71-64(67)57-55-53-51-49-47-45-43-41-39-37-35-33-28-26-24-22-20-18-16-14-12-10-8-6-4-2/h5,7,11,13,16-19,22-25,28-30,33,63H,3-4,6,8-10,12,14-15,20-21,26-27,31-32,34-62,66H2,1-2H3,(H,69,70)/b7-5-,13-11-,18-16-,19-17-,24-22-,25-23-,30-29-,33-28-. The molecule has 3 N–H and O–H groups in total. The summed E-state index contributed by atoms with van der Waals surface area (Å²) in [7, 11) is -4.40. The van der Waals surface area contributed by atoms with E-state index in [2.05, 4.69) is 111 Å². The van der Waals surface area contributed by atoms with Crippen LogP contribution >= 0.6 is 7.82 Å². The maximum absolute atomic E-state index is 12.7. The van der Waals surface area contributed by atoms with E-state index in [1.54, 1.807) is 0 Å². The summed E-state index contributed by atoms with van der Waals surface area (Å²) in [4.78, 5) is 35.3. The molecule has 0 bridgehead atoms. The highest BCUT2D eigenvalue weighted by Gasteiger charge is 2.26. The molecule has 0 amide bonds. The van der Waals surface area contributed by atoms with E-state index in [0.717, 1.165) is 89.9 Å². The fourth-order valence-corrected chi connectivity index (χ4v) is 9.20. The molecular formula is C65H114NO8P. The fourth-order valence-electron chi connectivity index (χ4n) is 8.44. The first-order valence-electron chi connectivity index (χ1n) is 30.7. The molecule has 0 aliphatic heterocycles. The SMILES string of the molecule is CC/C=C\C/C=C\C/C=C\C/C=C\C/C=C\CCCCCCCCCCCCCCCC(=O)OC(COC(=O)CCCCCCCCCCCC/C=C\C/C=C\C/C=C\CCCCCCC)COP(=O)(O)OCCN. The second-order valence-electron chi connectivity index (χ2n) is 20.2. The number of unbranched alkanes of at least 4 members (excludes halogenated alkanes) is 28. The average molecular weight is 1070 g/mol. The van der Waals surface area contributed by atoms with E-state index in [9.17, 15) is 19.0 Å². The summed E-state index contributed by atoms with van der Waals surface area (Å²) in [5, 5.41) is 0. The molecule has 0 aromatic rings. The van der Waals surface area contributed by atoms with Gasteiger partial charge in [0.05, 0.1) is 13.2 Å². The molecule has 0 saturated heterocycles. The number of ether oxygens (including phenoxy) is 2. The molecule has 0 fully saturated rings. The van der Waals surface area contributed by atoms with Crippen LogP contribution in [-0.2, 0) is 32.7 Å². The smallest absolute Gasteiger partial charge is 0.462 e. The van der Waals surface area contributed by atoms with Gasteiger partial charge in [-0.2, -0.15) is 0 Å². The highest BCUT2D eigenvalue weighted by atomic mass is 31.2. The number of hydrogen-bond acceptors (Lipinski definition) is 8. The lowest BCUT2D eigenvalue weighted by atomic mass is 10.0. The highest BCUT2D eigenvalue weighted by molar-refractivity contribution is 7.47. The van der Waals surface area contributed by atoms with Gasteiger partial charge in [0.15, 0.2) is 6.10 Å². The Hall–Kier alpha value is -3.07. The van der Waals surface area contributed by atoms with Gasteiger partial charge in [-0.05, 0) is 96.3 Å². The van der Waals surface area contributed by atoms with E-state index < -0.39 is 26.5 Å². The van der Waals surface area contributed by atoms with Crippen molar-refractivity contribution in [2.24, 2.45) is 5.73 Å². The first-order valence-corrected chi connectivity index (χ1v) is 32.2.